The van der Waals surface area contributed by atoms with E-state index in [-0.39, 0.29) is 0 Å². The summed E-state index contributed by atoms with van der Waals surface area (Å²) < 4.78 is 2.32. The Balaban J connectivity index is 1.96. The fraction of sp³-hybridized carbons (Fsp3) is 0.417. The van der Waals surface area contributed by atoms with Gasteiger partial charge in [-0.2, -0.15) is 5.26 Å². The zero-order valence-electron chi connectivity index (χ0n) is 9.10. The molecule has 2 rings (SSSR count). The lowest BCUT2D eigenvalue weighted by Crippen LogP contribution is -2.36. The van der Waals surface area contributed by atoms with E-state index in [2.05, 4.69) is 10.4 Å². The minimum absolute atomic E-state index is 0.363. The molecule has 0 amide bonds. The molecule has 0 radical (unpaired) electrons. The molecule has 1 heterocycles. The fourth-order valence-corrected chi connectivity index (χ4v) is 2.75. The summed E-state index contributed by atoms with van der Waals surface area (Å²) in [5.74, 6) is 0. The molecule has 3 nitrogen and oxygen atoms in total. The van der Waals surface area contributed by atoms with E-state index >= 15 is 0 Å². The Hall–Kier alpha value is -1.02. The van der Waals surface area contributed by atoms with E-state index in [1.54, 1.807) is 11.9 Å². The predicted molar refractivity (Wildman–Crippen MR) is 65.8 cm³/mol. The highest BCUT2D eigenvalue weighted by atomic mass is 32.2. The number of hydrogen-bond acceptors (Lipinski definition) is 4. The lowest BCUT2D eigenvalue weighted by molar-refractivity contribution is 0.346. The molecular formula is C12H15N3S. The maximum absolute atomic E-state index is 8.81. The average molecular weight is 233 g/mol. The van der Waals surface area contributed by atoms with Crippen LogP contribution in [0, 0.1) is 11.3 Å². The number of rotatable bonds is 2. The van der Waals surface area contributed by atoms with Gasteiger partial charge in [0.15, 0.2) is 0 Å². The molecule has 1 aliphatic heterocycles. The van der Waals surface area contributed by atoms with E-state index in [4.69, 9.17) is 11.0 Å². The minimum Gasteiger partial charge on any atom is -0.328 e. The Labute approximate surface area is 100 Å². The van der Waals surface area contributed by atoms with E-state index in [0.717, 1.165) is 36.4 Å². The van der Waals surface area contributed by atoms with Crippen molar-refractivity contribution >= 4 is 11.9 Å². The van der Waals surface area contributed by atoms with Gasteiger partial charge in [0.25, 0.3) is 0 Å². The highest BCUT2D eigenvalue weighted by Gasteiger charge is 2.16. The molecule has 1 aromatic rings. The summed E-state index contributed by atoms with van der Waals surface area (Å²) in [6.45, 7) is 2.06. The van der Waals surface area contributed by atoms with Crippen molar-refractivity contribution < 1.29 is 0 Å². The number of nitrogens with two attached hydrogens (primary N) is 1. The number of nitrogens with zero attached hydrogens (tertiary/aromatic N) is 2. The Bertz CT molecular complexity index is 391. The zero-order chi connectivity index (χ0) is 11.4. The summed E-state index contributed by atoms with van der Waals surface area (Å²) in [6, 6.07) is 10.3. The van der Waals surface area contributed by atoms with Crippen LogP contribution in [0.5, 0.6) is 0 Å². The van der Waals surface area contributed by atoms with Gasteiger partial charge in [-0.3, -0.25) is 0 Å². The van der Waals surface area contributed by atoms with E-state index in [1.165, 1.54) is 0 Å². The van der Waals surface area contributed by atoms with Gasteiger partial charge >= 0.3 is 0 Å². The molecule has 0 aromatic heterocycles. The van der Waals surface area contributed by atoms with Crippen molar-refractivity contribution in [1.29, 1.82) is 5.26 Å². The van der Waals surface area contributed by atoms with Crippen molar-refractivity contribution in [3.8, 4) is 6.07 Å². The first-order chi connectivity index (χ1) is 7.78. The summed E-state index contributed by atoms with van der Waals surface area (Å²) >= 11 is 1.72. The third-order valence-corrected chi connectivity index (χ3v) is 3.78. The molecule has 1 saturated heterocycles. The maximum Gasteiger partial charge on any atom is 0.0992 e. The van der Waals surface area contributed by atoms with Crippen LogP contribution in [0.15, 0.2) is 29.2 Å². The first-order valence-electron chi connectivity index (χ1n) is 5.46. The number of benzene rings is 1. The first-order valence-corrected chi connectivity index (χ1v) is 6.24. The topological polar surface area (TPSA) is 53.0 Å². The van der Waals surface area contributed by atoms with Gasteiger partial charge in [-0.15, -0.1) is 0 Å². The van der Waals surface area contributed by atoms with Gasteiger partial charge in [-0.1, -0.05) is 6.07 Å². The van der Waals surface area contributed by atoms with E-state index < -0.39 is 0 Å². The summed E-state index contributed by atoms with van der Waals surface area (Å²) in [5, 5.41) is 8.81. The minimum atomic E-state index is 0.363. The van der Waals surface area contributed by atoms with Crippen LogP contribution in [0.2, 0.25) is 0 Å². The van der Waals surface area contributed by atoms with Gasteiger partial charge in [-0.25, -0.2) is 4.31 Å². The van der Waals surface area contributed by atoms with Crippen LogP contribution in [0.3, 0.4) is 0 Å². The van der Waals surface area contributed by atoms with Gasteiger partial charge in [0.2, 0.25) is 0 Å². The van der Waals surface area contributed by atoms with Gasteiger partial charge in [0, 0.05) is 24.0 Å². The molecule has 2 N–H and O–H groups in total. The van der Waals surface area contributed by atoms with Gasteiger partial charge in [0.05, 0.1) is 11.6 Å². The molecule has 84 valence electrons. The Morgan fingerprint density at radius 3 is 2.81 bits per heavy atom. The van der Waals surface area contributed by atoms with Gasteiger partial charge < -0.3 is 5.73 Å². The van der Waals surface area contributed by atoms with Crippen LogP contribution < -0.4 is 5.73 Å². The molecule has 0 atom stereocenters. The molecule has 0 aliphatic carbocycles. The lowest BCUT2D eigenvalue weighted by atomic mass is 10.1. The molecule has 1 aromatic carbocycles. The van der Waals surface area contributed by atoms with E-state index in [9.17, 15) is 0 Å². The molecule has 0 saturated carbocycles. The number of nitriles is 1. The van der Waals surface area contributed by atoms with Gasteiger partial charge in [-0.05, 0) is 43.0 Å². The third kappa shape index (κ3) is 2.99. The van der Waals surface area contributed by atoms with Crippen molar-refractivity contribution in [3.05, 3.63) is 29.8 Å². The molecule has 1 fully saturated rings. The van der Waals surface area contributed by atoms with Crippen LogP contribution >= 0.6 is 11.9 Å². The van der Waals surface area contributed by atoms with Gasteiger partial charge in [0.1, 0.15) is 0 Å². The van der Waals surface area contributed by atoms with Crippen molar-refractivity contribution in [2.45, 2.75) is 23.8 Å². The second kappa shape index (κ2) is 5.35. The number of hydrogen-bond donors (Lipinski definition) is 1. The summed E-state index contributed by atoms with van der Waals surface area (Å²) in [4.78, 5) is 1.13. The maximum atomic E-state index is 8.81. The number of piperidine rings is 1. The molecule has 16 heavy (non-hydrogen) atoms. The lowest BCUT2D eigenvalue weighted by Gasteiger charge is -2.28. The van der Waals surface area contributed by atoms with Crippen molar-refractivity contribution in [2.75, 3.05) is 13.1 Å². The van der Waals surface area contributed by atoms with Crippen LogP contribution in [-0.2, 0) is 0 Å². The van der Waals surface area contributed by atoms with Crippen molar-refractivity contribution in [2.24, 2.45) is 5.73 Å². The SMILES string of the molecule is N#Cc1cccc(SN2CCC(N)CC2)c1. The van der Waals surface area contributed by atoms with Crippen molar-refractivity contribution in [3.63, 3.8) is 0 Å². The molecule has 0 bridgehead atoms. The van der Waals surface area contributed by atoms with Crippen molar-refractivity contribution in [1.82, 2.24) is 4.31 Å². The highest BCUT2D eigenvalue weighted by molar-refractivity contribution is 7.97. The van der Waals surface area contributed by atoms with Crippen LogP contribution in [-0.4, -0.2) is 23.4 Å². The Morgan fingerprint density at radius 1 is 1.38 bits per heavy atom. The monoisotopic (exact) mass is 233 g/mol. The average Bonchev–Trinajstić information content (AvgIpc) is 2.32. The molecule has 1 aliphatic rings. The standard InChI is InChI=1S/C12H15N3S/c13-9-10-2-1-3-12(8-10)16-15-6-4-11(14)5-7-15/h1-3,8,11H,4-7,14H2. The fourth-order valence-electron chi connectivity index (χ4n) is 1.74. The second-order valence-electron chi connectivity index (χ2n) is 4.00. The molecule has 0 unspecified atom stereocenters. The highest BCUT2D eigenvalue weighted by Crippen LogP contribution is 2.26. The Kier molecular flexibility index (Phi) is 3.83. The first kappa shape index (κ1) is 11.5. The van der Waals surface area contributed by atoms with Crippen LogP contribution in [0.25, 0.3) is 0 Å². The van der Waals surface area contributed by atoms with Crippen LogP contribution in [0.4, 0.5) is 0 Å². The Morgan fingerprint density at radius 2 is 2.12 bits per heavy atom. The van der Waals surface area contributed by atoms with E-state index in [0.29, 0.717) is 6.04 Å². The summed E-state index contributed by atoms with van der Waals surface area (Å²) in [5.41, 5.74) is 6.58. The molecule has 4 heteroatoms. The zero-order valence-corrected chi connectivity index (χ0v) is 9.91. The summed E-state index contributed by atoms with van der Waals surface area (Å²) in [7, 11) is 0. The molecule has 0 spiro atoms. The smallest absolute Gasteiger partial charge is 0.0992 e. The summed E-state index contributed by atoms with van der Waals surface area (Å²) in [6.07, 6.45) is 2.12. The van der Waals surface area contributed by atoms with E-state index in [1.807, 2.05) is 24.3 Å². The largest absolute Gasteiger partial charge is 0.328 e. The quantitative estimate of drug-likeness (QED) is 0.794. The van der Waals surface area contributed by atoms with Crippen LogP contribution in [0.1, 0.15) is 18.4 Å². The normalized spacial score (nSPS) is 18.2. The second-order valence-corrected chi connectivity index (χ2v) is 5.17. The molecular weight excluding hydrogens is 218 g/mol. The third-order valence-electron chi connectivity index (χ3n) is 2.70. The predicted octanol–water partition coefficient (Wildman–Crippen LogP) is 1.99.